The molecule has 0 bridgehead atoms. The molecule has 7 heteroatoms. The molecule has 0 fully saturated rings. The number of halogens is 1. The van der Waals surface area contributed by atoms with E-state index in [0.717, 1.165) is 13.0 Å². The lowest BCUT2D eigenvalue weighted by molar-refractivity contribution is 0.304. The zero-order valence-corrected chi connectivity index (χ0v) is 12.7. The molecule has 0 radical (unpaired) electrons. The Balaban J connectivity index is 2.22. The summed E-state index contributed by atoms with van der Waals surface area (Å²) in [5.41, 5.74) is 0. The van der Waals surface area contributed by atoms with Gasteiger partial charge in [-0.25, -0.2) is 0 Å². The molecule has 0 aliphatic heterocycles. The lowest BCUT2D eigenvalue weighted by Gasteiger charge is -2.09. The fraction of sp³-hybridized carbons (Fsp3) is 0.357. The summed E-state index contributed by atoms with van der Waals surface area (Å²) in [4.78, 5) is 12.5. The van der Waals surface area contributed by atoms with Crippen molar-refractivity contribution in [1.82, 2.24) is 15.0 Å². The van der Waals surface area contributed by atoms with Crippen LogP contribution in [0.3, 0.4) is 0 Å². The topological polar surface area (TPSA) is 69.2 Å². The molecular formula is C14H17ClN4O2. The zero-order chi connectivity index (χ0) is 15.1. The van der Waals surface area contributed by atoms with Crippen LogP contribution in [0.5, 0.6) is 17.8 Å². The monoisotopic (exact) mass is 308 g/mol. The molecule has 0 saturated heterocycles. The van der Waals surface area contributed by atoms with E-state index >= 15 is 0 Å². The van der Waals surface area contributed by atoms with Crippen LogP contribution in [0.1, 0.15) is 20.3 Å². The summed E-state index contributed by atoms with van der Waals surface area (Å²) < 4.78 is 10.9. The fourth-order valence-corrected chi connectivity index (χ4v) is 1.71. The lowest BCUT2D eigenvalue weighted by atomic mass is 10.3. The minimum Gasteiger partial charge on any atom is -0.464 e. The highest BCUT2D eigenvalue weighted by Crippen LogP contribution is 2.23. The molecule has 1 aromatic heterocycles. The highest BCUT2D eigenvalue weighted by atomic mass is 35.5. The summed E-state index contributed by atoms with van der Waals surface area (Å²) in [7, 11) is 0. The first-order valence-corrected chi connectivity index (χ1v) is 7.15. The van der Waals surface area contributed by atoms with Gasteiger partial charge in [0.1, 0.15) is 5.75 Å². The van der Waals surface area contributed by atoms with Gasteiger partial charge in [0.05, 0.1) is 6.61 Å². The standard InChI is InChI=1S/C14H17ClN4O2/c1-3-8-16-12-17-13(20-4-2)19-14(18-12)21-11-7-5-6-10(15)9-11/h5-7,9H,3-4,8H2,1-2H3,(H,16,17,18,19). The number of rotatable bonds is 7. The van der Waals surface area contributed by atoms with Crippen molar-refractivity contribution in [3.8, 4) is 17.8 Å². The van der Waals surface area contributed by atoms with Crippen molar-refractivity contribution in [3.05, 3.63) is 29.3 Å². The third-order valence-corrected chi connectivity index (χ3v) is 2.64. The van der Waals surface area contributed by atoms with Gasteiger partial charge in [-0.05, 0) is 31.5 Å². The normalized spacial score (nSPS) is 10.2. The van der Waals surface area contributed by atoms with Crippen LogP contribution in [0, 0.1) is 0 Å². The van der Waals surface area contributed by atoms with Gasteiger partial charge < -0.3 is 14.8 Å². The van der Waals surface area contributed by atoms with Crippen LogP contribution in [0.2, 0.25) is 5.02 Å². The number of ether oxygens (including phenoxy) is 2. The predicted octanol–water partition coefficient (Wildman–Crippen LogP) is 3.54. The molecule has 112 valence electrons. The second-order valence-corrected chi connectivity index (χ2v) is 4.58. The Bertz CT molecular complexity index is 595. The van der Waals surface area contributed by atoms with E-state index in [-0.39, 0.29) is 12.0 Å². The van der Waals surface area contributed by atoms with E-state index < -0.39 is 0 Å². The van der Waals surface area contributed by atoms with Crippen LogP contribution >= 0.6 is 11.6 Å². The maximum atomic E-state index is 5.92. The van der Waals surface area contributed by atoms with Gasteiger partial charge in [-0.15, -0.1) is 4.98 Å². The first kappa shape index (κ1) is 15.3. The maximum absolute atomic E-state index is 5.92. The van der Waals surface area contributed by atoms with Crippen molar-refractivity contribution in [2.75, 3.05) is 18.5 Å². The molecule has 21 heavy (non-hydrogen) atoms. The Hall–Kier alpha value is -2.08. The predicted molar refractivity (Wildman–Crippen MR) is 81.3 cm³/mol. The van der Waals surface area contributed by atoms with E-state index in [1.165, 1.54) is 0 Å². The zero-order valence-electron chi connectivity index (χ0n) is 12.0. The van der Waals surface area contributed by atoms with E-state index in [1.54, 1.807) is 24.3 Å². The van der Waals surface area contributed by atoms with Crippen LogP contribution in [0.4, 0.5) is 5.95 Å². The van der Waals surface area contributed by atoms with Crippen LogP contribution in [-0.2, 0) is 0 Å². The summed E-state index contributed by atoms with van der Waals surface area (Å²) in [5.74, 6) is 0.977. The Kier molecular flexibility index (Phi) is 5.57. The highest BCUT2D eigenvalue weighted by Gasteiger charge is 2.09. The van der Waals surface area contributed by atoms with Crippen molar-refractivity contribution in [1.29, 1.82) is 0 Å². The maximum Gasteiger partial charge on any atom is 0.330 e. The van der Waals surface area contributed by atoms with Gasteiger partial charge in [0.25, 0.3) is 0 Å². The lowest BCUT2D eigenvalue weighted by Crippen LogP contribution is -2.08. The second-order valence-electron chi connectivity index (χ2n) is 4.14. The van der Waals surface area contributed by atoms with E-state index in [1.807, 2.05) is 6.92 Å². The Labute approximate surface area is 128 Å². The molecule has 2 aromatic rings. The van der Waals surface area contributed by atoms with Gasteiger partial charge in [0.15, 0.2) is 0 Å². The number of benzene rings is 1. The summed E-state index contributed by atoms with van der Waals surface area (Å²) in [5, 5.41) is 3.66. The minimum absolute atomic E-state index is 0.161. The number of hydrogen-bond acceptors (Lipinski definition) is 6. The third-order valence-electron chi connectivity index (χ3n) is 2.41. The van der Waals surface area contributed by atoms with Crippen LogP contribution in [0.25, 0.3) is 0 Å². The van der Waals surface area contributed by atoms with Gasteiger partial charge in [-0.2, -0.15) is 9.97 Å². The summed E-state index contributed by atoms with van der Waals surface area (Å²) in [6, 6.07) is 7.40. The number of anilines is 1. The van der Waals surface area contributed by atoms with Crippen molar-refractivity contribution in [2.45, 2.75) is 20.3 Å². The molecule has 0 saturated carbocycles. The molecule has 0 spiro atoms. The van der Waals surface area contributed by atoms with E-state index in [2.05, 4.69) is 27.2 Å². The first-order chi connectivity index (χ1) is 10.2. The Morgan fingerprint density at radius 3 is 2.67 bits per heavy atom. The fourth-order valence-electron chi connectivity index (χ4n) is 1.53. The number of hydrogen-bond donors (Lipinski definition) is 1. The molecule has 0 amide bonds. The largest absolute Gasteiger partial charge is 0.464 e. The van der Waals surface area contributed by atoms with Crippen molar-refractivity contribution >= 4 is 17.5 Å². The third kappa shape index (κ3) is 4.75. The molecule has 0 unspecified atom stereocenters. The summed E-state index contributed by atoms with van der Waals surface area (Å²) in [6.45, 7) is 5.14. The first-order valence-electron chi connectivity index (χ1n) is 6.77. The van der Waals surface area contributed by atoms with E-state index in [0.29, 0.717) is 23.3 Å². The minimum atomic E-state index is 0.161. The van der Waals surface area contributed by atoms with Crippen LogP contribution < -0.4 is 14.8 Å². The SMILES string of the molecule is CCCNc1nc(OCC)nc(Oc2cccc(Cl)c2)n1. The molecular weight excluding hydrogens is 292 g/mol. The van der Waals surface area contributed by atoms with Gasteiger partial charge >= 0.3 is 12.0 Å². The summed E-state index contributed by atoms with van der Waals surface area (Å²) in [6.07, 6.45) is 0.958. The summed E-state index contributed by atoms with van der Waals surface area (Å²) >= 11 is 5.92. The average molecular weight is 309 g/mol. The number of nitrogens with one attached hydrogen (secondary N) is 1. The quantitative estimate of drug-likeness (QED) is 0.843. The molecule has 0 aliphatic rings. The van der Waals surface area contributed by atoms with Gasteiger partial charge in [0, 0.05) is 11.6 Å². The second kappa shape index (κ2) is 7.64. The molecule has 1 heterocycles. The van der Waals surface area contributed by atoms with Crippen LogP contribution in [-0.4, -0.2) is 28.1 Å². The Morgan fingerprint density at radius 1 is 1.14 bits per heavy atom. The molecule has 1 N–H and O–H groups in total. The molecule has 1 aromatic carbocycles. The highest BCUT2D eigenvalue weighted by molar-refractivity contribution is 6.30. The molecule has 0 atom stereocenters. The molecule has 0 aliphatic carbocycles. The smallest absolute Gasteiger partial charge is 0.330 e. The van der Waals surface area contributed by atoms with Gasteiger partial charge in [-0.3, -0.25) is 0 Å². The van der Waals surface area contributed by atoms with Crippen molar-refractivity contribution in [2.24, 2.45) is 0 Å². The Morgan fingerprint density at radius 2 is 1.95 bits per heavy atom. The van der Waals surface area contributed by atoms with Gasteiger partial charge in [-0.1, -0.05) is 24.6 Å². The molecule has 2 rings (SSSR count). The number of aromatic nitrogens is 3. The van der Waals surface area contributed by atoms with Crippen molar-refractivity contribution in [3.63, 3.8) is 0 Å². The average Bonchev–Trinajstić information content (AvgIpc) is 2.45. The molecule has 6 nitrogen and oxygen atoms in total. The number of nitrogens with zero attached hydrogens (tertiary/aromatic N) is 3. The van der Waals surface area contributed by atoms with E-state index in [4.69, 9.17) is 21.1 Å². The van der Waals surface area contributed by atoms with Crippen molar-refractivity contribution < 1.29 is 9.47 Å². The van der Waals surface area contributed by atoms with E-state index in [9.17, 15) is 0 Å². The van der Waals surface area contributed by atoms with Gasteiger partial charge in [0.2, 0.25) is 5.95 Å². The van der Waals surface area contributed by atoms with Crippen LogP contribution in [0.15, 0.2) is 24.3 Å².